The van der Waals surface area contributed by atoms with E-state index in [0.29, 0.717) is 0 Å². The van der Waals surface area contributed by atoms with E-state index >= 15 is 0 Å². The second-order valence-electron chi connectivity index (χ2n) is 7.74. The topological polar surface area (TPSA) is 15.3 Å². The van der Waals surface area contributed by atoms with Gasteiger partial charge in [-0.3, -0.25) is 4.90 Å². The molecule has 4 unspecified atom stereocenters. The number of fused-ring (bicyclic) bond motifs is 2. The van der Waals surface area contributed by atoms with Crippen LogP contribution in [0.15, 0.2) is 0 Å². The Kier molecular flexibility index (Phi) is 4.48. The Bertz CT molecular complexity index is 289. The minimum absolute atomic E-state index is 0.804. The molecule has 2 heterocycles. The normalized spacial score (nSPS) is 40.6. The first-order chi connectivity index (χ1) is 9.20. The van der Waals surface area contributed by atoms with Crippen LogP contribution in [-0.4, -0.2) is 36.1 Å². The molecule has 0 aromatic rings. The average molecular weight is 264 g/mol. The van der Waals surface area contributed by atoms with Crippen molar-refractivity contribution in [2.75, 3.05) is 13.1 Å². The molecule has 2 saturated heterocycles. The van der Waals surface area contributed by atoms with Gasteiger partial charge in [0.1, 0.15) is 0 Å². The van der Waals surface area contributed by atoms with Crippen molar-refractivity contribution in [2.45, 2.75) is 83.3 Å². The van der Waals surface area contributed by atoms with E-state index in [2.05, 4.69) is 24.1 Å². The highest BCUT2D eigenvalue weighted by molar-refractivity contribution is 4.92. The van der Waals surface area contributed by atoms with Gasteiger partial charge < -0.3 is 5.32 Å². The molecule has 3 aliphatic rings. The van der Waals surface area contributed by atoms with E-state index in [1.165, 1.54) is 64.5 Å². The van der Waals surface area contributed by atoms with Crippen LogP contribution < -0.4 is 5.32 Å². The largest absolute Gasteiger partial charge is 0.310 e. The van der Waals surface area contributed by atoms with Gasteiger partial charge in [-0.1, -0.05) is 26.7 Å². The molecule has 4 atom stereocenters. The summed E-state index contributed by atoms with van der Waals surface area (Å²) < 4.78 is 0. The van der Waals surface area contributed by atoms with Gasteiger partial charge in [0.05, 0.1) is 0 Å². The molecule has 2 heteroatoms. The first-order valence-electron chi connectivity index (χ1n) is 8.71. The zero-order valence-corrected chi connectivity index (χ0v) is 12.9. The van der Waals surface area contributed by atoms with Crippen LogP contribution in [0.4, 0.5) is 0 Å². The molecule has 0 radical (unpaired) electrons. The van der Waals surface area contributed by atoms with Crippen LogP contribution in [0.3, 0.4) is 0 Å². The van der Waals surface area contributed by atoms with Crippen molar-refractivity contribution in [1.29, 1.82) is 0 Å². The minimum atomic E-state index is 0.804. The van der Waals surface area contributed by atoms with Crippen LogP contribution in [-0.2, 0) is 0 Å². The van der Waals surface area contributed by atoms with E-state index in [0.717, 1.165) is 30.0 Å². The average Bonchev–Trinajstić information content (AvgIpc) is 2.68. The molecule has 2 aliphatic heterocycles. The molecule has 2 nitrogen and oxygen atoms in total. The van der Waals surface area contributed by atoms with E-state index in [9.17, 15) is 0 Å². The maximum absolute atomic E-state index is 3.82. The van der Waals surface area contributed by atoms with Gasteiger partial charge >= 0.3 is 0 Å². The molecule has 110 valence electrons. The summed E-state index contributed by atoms with van der Waals surface area (Å²) >= 11 is 0. The van der Waals surface area contributed by atoms with Gasteiger partial charge in [-0.05, 0) is 56.9 Å². The molecule has 0 aromatic heterocycles. The lowest BCUT2D eigenvalue weighted by Gasteiger charge is -2.38. The molecule has 1 aliphatic carbocycles. The van der Waals surface area contributed by atoms with Gasteiger partial charge in [-0.2, -0.15) is 0 Å². The third kappa shape index (κ3) is 3.52. The Hall–Kier alpha value is -0.0800. The maximum Gasteiger partial charge on any atom is 0.0198 e. The Morgan fingerprint density at radius 1 is 1.05 bits per heavy atom. The van der Waals surface area contributed by atoms with Crippen LogP contribution in [0.1, 0.15) is 65.2 Å². The summed E-state index contributed by atoms with van der Waals surface area (Å²) in [7, 11) is 0. The number of hydrogen-bond acceptors (Lipinski definition) is 2. The molecule has 2 bridgehead atoms. The fourth-order valence-corrected chi connectivity index (χ4v) is 4.78. The van der Waals surface area contributed by atoms with Gasteiger partial charge in [-0.25, -0.2) is 0 Å². The number of nitrogens with one attached hydrogen (secondary N) is 1. The quantitative estimate of drug-likeness (QED) is 0.840. The fourth-order valence-electron chi connectivity index (χ4n) is 4.78. The van der Waals surface area contributed by atoms with Crippen LogP contribution in [0.25, 0.3) is 0 Å². The smallest absolute Gasteiger partial charge is 0.0198 e. The summed E-state index contributed by atoms with van der Waals surface area (Å²) in [5.74, 6) is 1.89. The molecule has 1 N–H and O–H groups in total. The van der Waals surface area contributed by atoms with E-state index in [-0.39, 0.29) is 0 Å². The summed E-state index contributed by atoms with van der Waals surface area (Å²) in [5, 5.41) is 3.82. The molecule has 0 aromatic carbocycles. The van der Waals surface area contributed by atoms with Crippen LogP contribution >= 0.6 is 0 Å². The van der Waals surface area contributed by atoms with E-state index in [1.54, 1.807) is 0 Å². The fraction of sp³-hybridized carbons (Fsp3) is 1.00. The van der Waals surface area contributed by atoms with Crippen LogP contribution in [0.5, 0.6) is 0 Å². The SMILES string of the molecule is CC(C)CC1CCCC(N2CCC3CCC(C2)N3)C1. The van der Waals surface area contributed by atoms with Crippen molar-refractivity contribution in [3.05, 3.63) is 0 Å². The Morgan fingerprint density at radius 3 is 2.74 bits per heavy atom. The number of likely N-dealkylation sites (tertiary alicyclic amines) is 1. The Balaban J connectivity index is 1.55. The summed E-state index contributed by atoms with van der Waals surface area (Å²) in [6.07, 6.45) is 11.6. The molecule has 0 spiro atoms. The summed E-state index contributed by atoms with van der Waals surface area (Å²) in [5.41, 5.74) is 0. The first-order valence-corrected chi connectivity index (χ1v) is 8.71. The predicted octanol–water partition coefficient (Wildman–Crippen LogP) is 3.42. The lowest BCUT2D eigenvalue weighted by Crippen LogP contribution is -2.43. The highest BCUT2D eigenvalue weighted by Gasteiger charge is 2.34. The van der Waals surface area contributed by atoms with Crippen molar-refractivity contribution < 1.29 is 0 Å². The lowest BCUT2D eigenvalue weighted by molar-refractivity contribution is 0.117. The van der Waals surface area contributed by atoms with Crippen molar-refractivity contribution in [2.24, 2.45) is 11.8 Å². The van der Waals surface area contributed by atoms with Gasteiger partial charge in [-0.15, -0.1) is 0 Å². The standard InChI is InChI=1S/C17H32N2/c1-13(2)10-14-4-3-5-17(11-14)19-9-8-15-6-7-16(12-19)18-15/h13-18H,3-12H2,1-2H3. The monoisotopic (exact) mass is 264 g/mol. The highest BCUT2D eigenvalue weighted by atomic mass is 15.2. The second-order valence-corrected chi connectivity index (χ2v) is 7.74. The van der Waals surface area contributed by atoms with Crippen molar-refractivity contribution >= 4 is 0 Å². The van der Waals surface area contributed by atoms with E-state index in [1.807, 2.05) is 0 Å². The van der Waals surface area contributed by atoms with Crippen LogP contribution in [0, 0.1) is 11.8 Å². The van der Waals surface area contributed by atoms with Crippen molar-refractivity contribution in [1.82, 2.24) is 10.2 Å². The molecule has 3 fully saturated rings. The molecule has 1 saturated carbocycles. The number of rotatable bonds is 3. The lowest BCUT2D eigenvalue weighted by atomic mass is 9.80. The zero-order valence-electron chi connectivity index (χ0n) is 12.9. The summed E-state index contributed by atoms with van der Waals surface area (Å²) in [6, 6.07) is 2.54. The van der Waals surface area contributed by atoms with Gasteiger partial charge in [0.25, 0.3) is 0 Å². The number of hydrogen-bond donors (Lipinski definition) is 1. The zero-order chi connectivity index (χ0) is 13.2. The highest BCUT2D eigenvalue weighted by Crippen LogP contribution is 2.33. The molecule has 3 rings (SSSR count). The van der Waals surface area contributed by atoms with Crippen molar-refractivity contribution in [3.8, 4) is 0 Å². The molecule has 19 heavy (non-hydrogen) atoms. The van der Waals surface area contributed by atoms with E-state index in [4.69, 9.17) is 0 Å². The third-order valence-electron chi connectivity index (χ3n) is 5.63. The van der Waals surface area contributed by atoms with Crippen molar-refractivity contribution in [3.63, 3.8) is 0 Å². The van der Waals surface area contributed by atoms with Gasteiger partial charge in [0.2, 0.25) is 0 Å². The molecular weight excluding hydrogens is 232 g/mol. The maximum atomic E-state index is 3.82. The summed E-state index contributed by atoms with van der Waals surface area (Å²) in [4.78, 5) is 2.85. The van der Waals surface area contributed by atoms with Gasteiger partial charge in [0.15, 0.2) is 0 Å². The third-order valence-corrected chi connectivity index (χ3v) is 5.63. The predicted molar refractivity (Wildman–Crippen MR) is 81.3 cm³/mol. The molecule has 0 amide bonds. The number of nitrogens with zero attached hydrogens (tertiary/aromatic N) is 1. The first kappa shape index (κ1) is 13.9. The molecular formula is C17H32N2. The summed E-state index contributed by atoms with van der Waals surface area (Å²) in [6.45, 7) is 7.46. The Labute approximate surface area is 119 Å². The van der Waals surface area contributed by atoms with E-state index < -0.39 is 0 Å². The van der Waals surface area contributed by atoms with Crippen LogP contribution in [0.2, 0.25) is 0 Å². The minimum Gasteiger partial charge on any atom is -0.310 e. The van der Waals surface area contributed by atoms with Gasteiger partial charge in [0, 0.05) is 24.7 Å². The second kappa shape index (κ2) is 6.13. The Morgan fingerprint density at radius 2 is 1.89 bits per heavy atom.